The Hall–Kier alpha value is -0.480. The van der Waals surface area contributed by atoms with E-state index in [1.165, 1.54) is 0 Å². The summed E-state index contributed by atoms with van der Waals surface area (Å²) in [5, 5.41) is 1.06. The molecular weight excluding hydrogens is 343 g/mol. The summed E-state index contributed by atoms with van der Waals surface area (Å²) in [6.45, 7) is 3.24. The molecule has 2 atom stereocenters. The number of amides is 1. The molecule has 1 fully saturated rings. The number of hydrogen-bond acceptors (Lipinski definition) is 2. The Bertz CT molecular complexity index is 510. The van der Waals surface area contributed by atoms with Gasteiger partial charge in [-0.2, -0.15) is 0 Å². The first-order valence-electron chi connectivity index (χ1n) is 7.48. The molecule has 1 aliphatic rings. The van der Waals surface area contributed by atoms with E-state index in [0.29, 0.717) is 35.5 Å². The van der Waals surface area contributed by atoms with E-state index in [9.17, 15) is 4.79 Å². The molecule has 0 aliphatic heterocycles. The van der Waals surface area contributed by atoms with Gasteiger partial charge in [-0.25, -0.2) is 0 Å². The van der Waals surface area contributed by atoms with Crippen LogP contribution in [0.2, 0.25) is 10.0 Å². The molecule has 1 saturated carbocycles. The molecule has 1 aromatic carbocycles. The molecule has 22 heavy (non-hydrogen) atoms. The van der Waals surface area contributed by atoms with Crippen molar-refractivity contribution >= 4 is 41.5 Å². The van der Waals surface area contributed by atoms with Crippen molar-refractivity contribution in [1.29, 1.82) is 0 Å². The number of carbonyl (C=O) groups excluding carboxylic acids is 1. The molecule has 3 nitrogen and oxygen atoms in total. The van der Waals surface area contributed by atoms with Crippen LogP contribution in [0.15, 0.2) is 18.2 Å². The highest BCUT2D eigenvalue weighted by atomic mass is 35.5. The van der Waals surface area contributed by atoms with E-state index in [4.69, 9.17) is 28.9 Å². The van der Waals surface area contributed by atoms with Crippen LogP contribution in [-0.2, 0) is 11.3 Å². The first-order valence-corrected chi connectivity index (χ1v) is 8.24. The minimum absolute atomic E-state index is 0. The summed E-state index contributed by atoms with van der Waals surface area (Å²) in [6.07, 6.45) is 3.79. The second-order valence-corrected chi connectivity index (χ2v) is 6.53. The third kappa shape index (κ3) is 5.02. The maximum Gasteiger partial charge on any atom is 0.223 e. The van der Waals surface area contributed by atoms with Crippen LogP contribution in [0, 0.1) is 5.92 Å². The minimum atomic E-state index is 0. The third-order valence-electron chi connectivity index (χ3n) is 4.25. The Kier molecular flexibility index (Phi) is 7.98. The average Bonchev–Trinajstić information content (AvgIpc) is 2.85. The highest BCUT2D eigenvalue weighted by Gasteiger charge is 2.27. The van der Waals surface area contributed by atoms with Crippen molar-refractivity contribution in [2.75, 3.05) is 6.54 Å². The fourth-order valence-corrected chi connectivity index (χ4v) is 3.23. The van der Waals surface area contributed by atoms with Gasteiger partial charge in [0.05, 0.1) is 10.0 Å². The van der Waals surface area contributed by atoms with E-state index in [-0.39, 0.29) is 24.4 Å². The summed E-state index contributed by atoms with van der Waals surface area (Å²) in [7, 11) is 0. The summed E-state index contributed by atoms with van der Waals surface area (Å²) >= 11 is 11.9. The van der Waals surface area contributed by atoms with Crippen LogP contribution in [0.4, 0.5) is 0 Å². The van der Waals surface area contributed by atoms with Crippen LogP contribution in [0.5, 0.6) is 0 Å². The zero-order valence-corrected chi connectivity index (χ0v) is 15.1. The fraction of sp³-hybridized carbons (Fsp3) is 0.562. The van der Waals surface area contributed by atoms with Crippen LogP contribution in [0.1, 0.15) is 38.2 Å². The van der Waals surface area contributed by atoms with Gasteiger partial charge in [0.15, 0.2) is 0 Å². The number of benzene rings is 1. The lowest BCUT2D eigenvalue weighted by Gasteiger charge is -2.24. The molecule has 1 aliphatic carbocycles. The fourth-order valence-electron chi connectivity index (χ4n) is 2.91. The number of halogens is 3. The molecule has 0 heterocycles. The second kappa shape index (κ2) is 8.97. The molecule has 124 valence electrons. The molecule has 2 rings (SSSR count). The topological polar surface area (TPSA) is 46.3 Å². The van der Waals surface area contributed by atoms with E-state index in [2.05, 4.69) is 0 Å². The minimum Gasteiger partial charge on any atom is -0.339 e. The van der Waals surface area contributed by atoms with Gasteiger partial charge >= 0.3 is 0 Å². The zero-order valence-electron chi connectivity index (χ0n) is 12.7. The van der Waals surface area contributed by atoms with E-state index in [1.54, 1.807) is 6.07 Å². The largest absolute Gasteiger partial charge is 0.339 e. The number of carbonyl (C=O) groups is 1. The lowest BCUT2D eigenvalue weighted by molar-refractivity contribution is -0.132. The van der Waals surface area contributed by atoms with Gasteiger partial charge in [0.2, 0.25) is 5.91 Å². The summed E-state index contributed by atoms with van der Waals surface area (Å²) in [5.41, 5.74) is 7.05. The normalized spacial score (nSPS) is 20.5. The van der Waals surface area contributed by atoms with Gasteiger partial charge in [0, 0.05) is 25.6 Å². The lowest BCUT2D eigenvalue weighted by atomic mass is 9.99. The number of hydrogen-bond donors (Lipinski definition) is 1. The van der Waals surface area contributed by atoms with E-state index < -0.39 is 0 Å². The molecule has 6 heteroatoms. The van der Waals surface area contributed by atoms with Crippen LogP contribution >= 0.6 is 35.6 Å². The van der Waals surface area contributed by atoms with Gasteiger partial charge < -0.3 is 10.6 Å². The van der Waals surface area contributed by atoms with E-state index in [1.807, 2.05) is 24.0 Å². The van der Waals surface area contributed by atoms with E-state index in [0.717, 1.165) is 24.8 Å². The first-order chi connectivity index (χ1) is 10.0. The zero-order chi connectivity index (χ0) is 15.4. The maximum atomic E-state index is 12.4. The van der Waals surface area contributed by atoms with Crippen LogP contribution < -0.4 is 5.73 Å². The molecular formula is C16H23Cl3N2O. The molecule has 0 saturated heterocycles. The Balaban J connectivity index is 0.00000242. The Morgan fingerprint density at radius 1 is 1.32 bits per heavy atom. The molecule has 0 bridgehead atoms. The monoisotopic (exact) mass is 364 g/mol. The Labute approximate surface area is 148 Å². The smallest absolute Gasteiger partial charge is 0.223 e. The van der Waals surface area contributed by atoms with Crippen molar-refractivity contribution in [3.05, 3.63) is 33.8 Å². The SMILES string of the molecule is CCN(Cc1ccc(Cl)c(Cl)c1)C(=O)C[C@@H]1CCC[C@H]1N.Cl. The van der Waals surface area contributed by atoms with Gasteiger partial charge in [0.1, 0.15) is 0 Å². The van der Waals surface area contributed by atoms with Crippen molar-refractivity contribution < 1.29 is 4.79 Å². The van der Waals surface area contributed by atoms with Gasteiger partial charge in [-0.1, -0.05) is 35.7 Å². The van der Waals surface area contributed by atoms with Crippen molar-refractivity contribution in [3.8, 4) is 0 Å². The Morgan fingerprint density at radius 2 is 2.05 bits per heavy atom. The standard InChI is InChI=1S/C16H22Cl2N2O.ClH/c1-2-20(10-11-6-7-13(17)14(18)8-11)16(21)9-12-4-3-5-15(12)19;/h6-8,12,15H,2-5,9-10,19H2,1H3;1H/t12-,15+;/m0./s1. The molecule has 0 unspecified atom stereocenters. The molecule has 1 amide bonds. The summed E-state index contributed by atoms with van der Waals surface area (Å²) in [6, 6.07) is 5.68. The van der Waals surface area contributed by atoms with Crippen LogP contribution in [0.3, 0.4) is 0 Å². The molecule has 0 spiro atoms. The molecule has 2 N–H and O–H groups in total. The van der Waals surface area contributed by atoms with Gasteiger partial charge in [0.25, 0.3) is 0 Å². The second-order valence-electron chi connectivity index (χ2n) is 5.72. The predicted octanol–water partition coefficient (Wildman–Crippen LogP) is 4.28. The molecule has 0 aromatic heterocycles. The number of nitrogens with zero attached hydrogens (tertiary/aromatic N) is 1. The van der Waals surface area contributed by atoms with Crippen molar-refractivity contribution in [2.45, 2.75) is 45.2 Å². The van der Waals surface area contributed by atoms with Crippen molar-refractivity contribution in [1.82, 2.24) is 4.90 Å². The van der Waals surface area contributed by atoms with Crippen LogP contribution in [0.25, 0.3) is 0 Å². The molecule has 0 radical (unpaired) electrons. The predicted molar refractivity (Wildman–Crippen MR) is 94.7 cm³/mol. The van der Waals surface area contributed by atoms with Gasteiger partial charge in [-0.3, -0.25) is 4.79 Å². The van der Waals surface area contributed by atoms with Gasteiger partial charge in [-0.05, 0) is 43.4 Å². The summed E-state index contributed by atoms with van der Waals surface area (Å²) in [4.78, 5) is 14.3. The average molecular weight is 366 g/mol. The summed E-state index contributed by atoms with van der Waals surface area (Å²) < 4.78 is 0. The lowest BCUT2D eigenvalue weighted by Crippen LogP contribution is -2.34. The maximum absolute atomic E-state index is 12.4. The Morgan fingerprint density at radius 3 is 2.59 bits per heavy atom. The highest BCUT2D eigenvalue weighted by molar-refractivity contribution is 6.42. The van der Waals surface area contributed by atoms with Crippen LogP contribution in [-0.4, -0.2) is 23.4 Å². The highest BCUT2D eigenvalue weighted by Crippen LogP contribution is 2.28. The molecule has 1 aromatic rings. The summed E-state index contributed by atoms with van der Waals surface area (Å²) in [5.74, 6) is 0.506. The number of rotatable bonds is 5. The van der Waals surface area contributed by atoms with Gasteiger partial charge in [-0.15, -0.1) is 12.4 Å². The first kappa shape index (κ1) is 19.6. The van der Waals surface area contributed by atoms with E-state index >= 15 is 0 Å². The number of nitrogens with two attached hydrogens (primary N) is 1. The third-order valence-corrected chi connectivity index (χ3v) is 4.99. The quantitative estimate of drug-likeness (QED) is 0.846. The van der Waals surface area contributed by atoms with Crippen molar-refractivity contribution in [3.63, 3.8) is 0 Å². The van der Waals surface area contributed by atoms with Crippen molar-refractivity contribution in [2.24, 2.45) is 11.7 Å².